The topological polar surface area (TPSA) is 51.5 Å². The van der Waals surface area contributed by atoms with E-state index in [9.17, 15) is 0 Å². The van der Waals surface area contributed by atoms with Crippen LogP contribution in [0.1, 0.15) is 12.0 Å². The molecule has 4 heteroatoms. The van der Waals surface area contributed by atoms with Gasteiger partial charge in [0, 0.05) is 18.6 Å². The van der Waals surface area contributed by atoms with E-state index in [0.29, 0.717) is 29.6 Å². The zero-order chi connectivity index (χ0) is 12.1. The molecule has 1 heterocycles. The van der Waals surface area contributed by atoms with Crippen molar-refractivity contribution in [3.8, 4) is 17.6 Å². The molecule has 0 amide bonds. The van der Waals surface area contributed by atoms with Gasteiger partial charge in [0.1, 0.15) is 0 Å². The summed E-state index contributed by atoms with van der Waals surface area (Å²) in [5.74, 6) is 1.71. The van der Waals surface area contributed by atoms with Gasteiger partial charge in [0.25, 0.3) is 0 Å². The van der Waals surface area contributed by atoms with E-state index >= 15 is 0 Å². The van der Waals surface area contributed by atoms with E-state index in [0.717, 1.165) is 19.6 Å². The van der Waals surface area contributed by atoms with E-state index < -0.39 is 0 Å². The van der Waals surface area contributed by atoms with Crippen LogP contribution >= 0.6 is 0 Å². The van der Waals surface area contributed by atoms with Gasteiger partial charge in [-0.15, -0.1) is 0 Å². The molecule has 0 aliphatic carbocycles. The lowest BCUT2D eigenvalue weighted by molar-refractivity contribution is 0.165. The average Bonchev–Trinajstić information content (AvgIpc) is 2.89. The largest absolute Gasteiger partial charge is 0.493 e. The zero-order valence-electron chi connectivity index (χ0n) is 9.81. The molecule has 4 nitrogen and oxygen atoms in total. The second-order valence-electron chi connectivity index (χ2n) is 4.02. The smallest absolute Gasteiger partial charge is 0.162 e. The molecule has 0 radical (unpaired) electrons. The van der Waals surface area contributed by atoms with E-state index in [2.05, 4.69) is 6.07 Å². The molecule has 1 aromatic carbocycles. The highest BCUT2D eigenvalue weighted by Crippen LogP contribution is 2.28. The first-order valence-electron chi connectivity index (χ1n) is 5.62. The highest BCUT2D eigenvalue weighted by atomic mass is 16.5. The first kappa shape index (κ1) is 11.7. The molecule has 1 unspecified atom stereocenters. The van der Waals surface area contributed by atoms with Crippen molar-refractivity contribution in [3.63, 3.8) is 0 Å². The van der Waals surface area contributed by atoms with E-state index in [1.54, 1.807) is 25.3 Å². The third kappa shape index (κ3) is 2.89. The Balaban J connectivity index is 2.04. The second-order valence-corrected chi connectivity index (χ2v) is 4.02. The normalized spacial score (nSPS) is 18.7. The van der Waals surface area contributed by atoms with Crippen molar-refractivity contribution in [1.29, 1.82) is 5.26 Å². The first-order chi connectivity index (χ1) is 8.33. The predicted octanol–water partition coefficient (Wildman–Crippen LogP) is 1.98. The van der Waals surface area contributed by atoms with Gasteiger partial charge in [-0.1, -0.05) is 0 Å². The zero-order valence-corrected chi connectivity index (χ0v) is 9.81. The van der Waals surface area contributed by atoms with Crippen LogP contribution in [0.3, 0.4) is 0 Å². The van der Waals surface area contributed by atoms with Gasteiger partial charge in [-0.05, 0) is 18.6 Å². The van der Waals surface area contributed by atoms with Crippen LogP contribution in [-0.4, -0.2) is 26.9 Å². The number of ether oxygens (including phenoxy) is 3. The predicted molar refractivity (Wildman–Crippen MR) is 62.1 cm³/mol. The molecule has 0 N–H and O–H groups in total. The van der Waals surface area contributed by atoms with E-state index in [1.165, 1.54) is 0 Å². The maximum Gasteiger partial charge on any atom is 0.162 e. The molecule has 2 rings (SSSR count). The Kier molecular flexibility index (Phi) is 3.84. The number of hydrogen-bond acceptors (Lipinski definition) is 4. The first-order valence-corrected chi connectivity index (χ1v) is 5.62. The molecule has 1 saturated heterocycles. The van der Waals surface area contributed by atoms with Crippen molar-refractivity contribution < 1.29 is 14.2 Å². The van der Waals surface area contributed by atoms with Crippen LogP contribution < -0.4 is 9.47 Å². The van der Waals surface area contributed by atoms with Crippen LogP contribution in [0.5, 0.6) is 11.5 Å². The summed E-state index contributed by atoms with van der Waals surface area (Å²) in [6.07, 6.45) is 1.03. The Morgan fingerprint density at radius 2 is 2.35 bits per heavy atom. The van der Waals surface area contributed by atoms with E-state index in [4.69, 9.17) is 19.5 Å². The number of hydrogen-bond donors (Lipinski definition) is 0. The minimum absolute atomic E-state index is 0.436. The van der Waals surface area contributed by atoms with Crippen molar-refractivity contribution in [1.82, 2.24) is 0 Å². The summed E-state index contributed by atoms with van der Waals surface area (Å²) in [6.45, 7) is 2.16. The quantitative estimate of drug-likeness (QED) is 0.798. The van der Waals surface area contributed by atoms with Crippen LogP contribution in [0.25, 0.3) is 0 Å². The molecule has 1 fully saturated rings. The Bertz CT molecular complexity index is 419. The molecule has 1 aliphatic rings. The number of nitrogens with zero attached hydrogens (tertiary/aromatic N) is 1. The lowest BCUT2D eigenvalue weighted by atomic mass is 10.1. The molecule has 0 bridgehead atoms. The van der Waals surface area contributed by atoms with Gasteiger partial charge in [-0.3, -0.25) is 0 Å². The maximum atomic E-state index is 8.84. The summed E-state index contributed by atoms with van der Waals surface area (Å²) >= 11 is 0. The second kappa shape index (κ2) is 5.55. The fourth-order valence-corrected chi connectivity index (χ4v) is 1.78. The molecule has 1 aliphatic heterocycles. The Hall–Kier alpha value is -1.73. The molecular weight excluding hydrogens is 218 g/mol. The number of rotatable bonds is 4. The molecule has 0 spiro atoms. The Labute approximate surface area is 101 Å². The summed E-state index contributed by atoms with van der Waals surface area (Å²) in [5.41, 5.74) is 0.573. The maximum absolute atomic E-state index is 8.84. The highest BCUT2D eigenvalue weighted by molar-refractivity contribution is 5.46. The number of nitriles is 1. The third-order valence-electron chi connectivity index (χ3n) is 2.79. The summed E-state index contributed by atoms with van der Waals surface area (Å²) in [4.78, 5) is 0. The van der Waals surface area contributed by atoms with Crippen LogP contribution in [0.2, 0.25) is 0 Å². The molecule has 90 valence electrons. The minimum atomic E-state index is 0.436. The fraction of sp³-hybridized carbons (Fsp3) is 0.462. The minimum Gasteiger partial charge on any atom is -0.493 e. The standard InChI is InChI=1S/C13H15NO3/c1-15-12-3-2-10(7-14)6-13(12)17-9-11-4-5-16-8-11/h2-3,6,11H,4-5,8-9H2,1H3. The third-order valence-corrected chi connectivity index (χ3v) is 2.79. The SMILES string of the molecule is COc1ccc(C#N)cc1OCC1CCOC1. The van der Waals surface area contributed by atoms with Gasteiger partial charge in [-0.2, -0.15) is 5.26 Å². The van der Waals surface area contributed by atoms with Crippen LogP contribution in [0.15, 0.2) is 18.2 Å². The molecule has 0 saturated carbocycles. The summed E-state index contributed by atoms with van der Waals surface area (Å²) < 4.78 is 16.2. The van der Waals surface area contributed by atoms with Crippen LogP contribution in [0.4, 0.5) is 0 Å². The van der Waals surface area contributed by atoms with Crippen LogP contribution in [-0.2, 0) is 4.74 Å². The van der Waals surface area contributed by atoms with Crippen LogP contribution in [0, 0.1) is 17.2 Å². The van der Waals surface area contributed by atoms with Gasteiger partial charge in [0.2, 0.25) is 0 Å². The van der Waals surface area contributed by atoms with Crippen molar-refractivity contribution in [2.24, 2.45) is 5.92 Å². The van der Waals surface area contributed by atoms with Crippen molar-refractivity contribution in [2.75, 3.05) is 26.9 Å². The molecule has 1 atom stereocenters. The van der Waals surface area contributed by atoms with E-state index in [1.807, 2.05) is 0 Å². The lowest BCUT2D eigenvalue weighted by Crippen LogP contribution is -2.12. The van der Waals surface area contributed by atoms with Gasteiger partial charge in [0.05, 0.1) is 32.0 Å². The number of benzene rings is 1. The average molecular weight is 233 g/mol. The Morgan fingerprint density at radius 3 is 3.00 bits per heavy atom. The van der Waals surface area contributed by atoms with Gasteiger partial charge >= 0.3 is 0 Å². The fourth-order valence-electron chi connectivity index (χ4n) is 1.78. The van der Waals surface area contributed by atoms with Crippen molar-refractivity contribution >= 4 is 0 Å². The van der Waals surface area contributed by atoms with Gasteiger partial charge in [-0.25, -0.2) is 0 Å². The molecule has 0 aromatic heterocycles. The molecule has 1 aromatic rings. The molecular formula is C13H15NO3. The number of methoxy groups -OCH3 is 1. The monoisotopic (exact) mass is 233 g/mol. The van der Waals surface area contributed by atoms with Crippen molar-refractivity contribution in [2.45, 2.75) is 6.42 Å². The molecule has 17 heavy (non-hydrogen) atoms. The Morgan fingerprint density at radius 1 is 1.47 bits per heavy atom. The van der Waals surface area contributed by atoms with Gasteiger partial charge in [0.15, 0.2) is 11.5 Å². The summed E-state index contributed by atoms with van der Waals surface area (Å²) in [6, 6.07) is 7.25. The lowest BCUT2D eigenvalue weighted by Gasteiger charge is -2.13. The van der Waals surface area contributed by atoms with E-state index in [-0.39, 0.29) is 0 Å². The van der Waals surface area contributed by atoms with Gasteiger partial charge < -0.3 is 14.2 Å². The summed E-state index contributed by atoms with van der Waals surface area (Å²) in [5, 5.41) is 8.84. The van der Waals surface area contributed by atoms with Crippen molar-refractivity contribution in [3.05, 3.63) is 23.8 Å². The highest BCUT2D eigenvalue weighted by Gasteiger charge is 2.17. The summed E-state index contributed by atoms with van der Waals surface area (Å²) in [7, 11) is 1.59.